The molecule has 1 aliphatic heterocycles. The third-order valence-corrected chi connectivity index (χ3v) is 5.41. The van der Waals surface area contributed by atoms with Gasteiger partial charge in [-0.2, -0.15) is 18.2 Å². The molecule has 28 heavy (non-hydrogen) atoms. The van der Waals surface area contributed by atoms with Crippen molar-refractivity contribution < 1.29 is 23.1 Å². The van der Waals surface area contributed by atoms with Crippen LogP contribution in [0.4, 0.5) is 24.0 Å². The second-order valence-corrected chi connectivity index (χ2v) is 7.74. The largest absolute Gasteiger partial charge is 0.492 e. The summed E-state index contributed by atoms with van der Waals surface area (Å²) in [5, 5.41) is 14.1. The lowest BCUT2D eigenvalue weighted by atomic mass is 10.1. The lowest BCUT2D eigenvalue weighted by Gasteiger charge is -2.08. The van der Waals surface area contributed by atoms with Crippen molar-refractivity contribution in [2.45, 2.75) is 6.18 Å². The maximum Gasteiger partial charge on any atom is 0.416 e. The fraction of sp³-hybridized carbons (Fsp3) is 0.0556. The van der Waals surface area contributed by atoms with Crippen LogP contribution in [0.5, 0.6) is 5.88 Å². The molecule has 1 aromatic heterocycles. The van der Waals surface area contributed by atoms with Gasteiger partial charge in [0.05, 0.1) is 16.5 Å². The average Bonchev–Trinajstić information content (AvgIpc) is 3.12. The van der Waals surface area contributed by atoms with E-state index in [4.69, 9.17) is 0 Å². The number of amides is 1. The monoisotopic (exact) mass is 467 g/mol. The number of rotatable bonds is 3. The molecular weight excluding hydrogens is 459 g/mol. The van der Waals surface area contributed by atoms with E-state index in [0.29, 0.717) is 10.6 Å². The SMILES string of the molecule is O=C1N=c2ccc(Br)cc2=C1c1sc(Nc2cccc(C(F)(F)F)c2)nc1O. The minimum absolute atomic E-state index is 0.149. The van der Waals surface area contributed by atoms with Crippen LogP contribution in [0, 0.1) is 0 Å². The Morgan fingerprint density at radius 1 is 1.14 bits per heavy atom. The Morgan fingerprint density at radius 2 is 1.93 bits per heavy atom. The Morgan fingerprint density at radius 3 is 2.68 bits per heavy atom. The van der Waals surface area contributed by atoms with Gasteiger partial charge >= 0.3 is 6.18 Å². The normalized spacial score (nSPS) is 13.4. The molecule has 2 N–H and O–H groups in total. The third kappa shape index (κ3) is 3.40. The number of aromatic hydroxyl groups is 1. The van der Waals surface area contributed by atoms with Crippen LogP contribution >= 0.6 is 27.3 Å². The summed E-state index contributed by atoms with van der Waals surface area (Å²) < 4.78 is 39.3. The number of carbonyl (C=O) groups is 1. The number of hydrogen-bond acceptors (Lipinski definition) is 5. The summed E-state index contributed by atoms with van der Waals surface area (Å²) >= 11 is 4.28. The van der Waals surface area contributed by atoms with Crippen LogP contribution in [-0.4, -0.2) is 16.0 Å². The first-order chi connectivity index (χ1) is 13.2. The molecule has 2 heterocycles. The number of thiazole rings is 1. The van der Waals surface area contributed by atoms with E-state index in [2.05, 4.69) is 31.2 Å². The maximum absolute atomic E-state index is 12.9. The third-order valence-electron chi connectivity index (χ3n) is 3.94. The smallest absolute Gasteiger partial charge is 0.416 e. The number of alkyl halides is 3. The Labute approximate surface area is 168 Å². The topological polar surface area (TPSA) is 74.6 Å². The lowest BCUT2D eigenvalue weighted by Crippen LogP contribution is -2.22. The van der Waals surface area contributed by atoms with Crippen molar-refractivity contribution >= 4 is 49.6 Å². The van der Waals surface area contributed by atoms with Crippen molar-refractivity contribution in [2.24, 2.45) is 4.99 Å². The molecule has 10 heteroatoms. The van der Waals surface area contributed by atoms with Gasteiger partial charge in [-0.3, -0.25) is 4.79 Å². The van der Waals surface area contributed by atoms with Crippen molar-refractivity contribution in [2.75, 3.05) is 5.32 Å². The number of halogens is 4. The van der Waals surface area contributed by atoms with Gasteiger partial charge in [-0.1, -0.05) is 33.3 Å². The van der Waals surface area contributed by atoms with E-state index >= 15 is 0 Å². The standard InChI is InChI=1S/C18H9BrF3N3O2S/c19-9-4-5-12-11(7-9)13(15(26)24-12)14-16(27)25-17(28-14)23-10-3-1-2-8(6-10)18(20,21)22/h1-7,27H,(H,23,25). The van der Waals surface area contributed by atoms with Gasteiger partial charge in [-0.15, -0.1) is 0 Å². The number of carbonyl (C=O) groups excluding carboxylic acids is 1. The van der Waals surface area contributed by atoms with Crippen molar-refractivity contribution in [1.29, 1.82) is 0 Å². The van der Waals surface area contributed by atoms with Crippen LogP contribution < -0.4 is 15.9 Å². The molecular formula is C18H9BrF3N3O2S. The van der Waals surface area contributed by atoms with Crippen LogP contribution in [0.15, 0.2) is 51.9 Å². The zero-order valence-electron chi connectivity index (χ0n) is 13.7. The molecule has 0 spiro atoms. The molecule has 0 radical (unpaired) electrons. The Bertz CT molecular complexity index is 1240. The summed E-state index contributed by atoms with van der Waals surface area (Å²) in [7, 11) is 0. The van der Waals surface area contributed by atoms with Gasteiger partial charge in [-0.25, -0.2) is 4.99 Å². The van der Waals surface area contributed by atoms with E-state index in [1.54, 1.807) is 18.2 Å². The quantitative estimate of drug-likeness (QED) is 0.615. The number of fused-ring (bicyclic) bond motifs is 1. The molecule has 1 aliphatic rings. The molecule has 2 aromatic carbocycles. The van der Waals surface area contributed by atoms with Gasteiger partial charge in [0.1, 0.15) is 4.88 Å². The predicted octanol–water partition coefficient (Wildman–Crippen LogP) is 3.73. The Balaban J connectivity index is 1.74. The van der Waals surface area contributed by atoms with Crippen molar-refractivity contribution in [3.8, 4) is 5.88 Å². The number of hydrogen-bond donors (Lipinski definition) is 2. The van der Waals surface area contributed by atoms with E-state index < -0.39 is 23.5 Å². The molecule has 0 bridgehead atoms. The highest BCUT2D eigenvalue weighted by Crippen LogP contribution is 2.36. The second kappa shape index (κ2) is 6.71. The highest BCUT2D eigenvalue weighted by Gasteiger charge is 2.30. The minimum atomic E-state index is -4.47. The highest BCUT2D eigenvalue weighted by atomic mass is 79.9. The zero-order valence-corrected chi connectivity index (χ0v) is 16.1. The van der Waals surface area contributed by atoms with Gasteiger partial charge in [0.25, 0.3) is 5.91 Å². The van der Waals surface area contributed by atoms with Crippen molar-refractivity contribution in [3.05, 3.63) is 68.0 Å². The van der Waals surface area contributed by atoms with Gasteiger partial charge in [0.15, 0.2) is 5.13 Å². The molecule has 0 saturated carbocycles. The zero-order chi connectivity index (χ0) is 20.1. The van der Waals surface area contributed by atoms with Gasteiger partial charge < -0.3 is 10.4 Å². The van der Waals surface area contributed by atoms with E-state index in [0.717, 1.165) is 27.9 Å². The minimum Gasteiger partial charge on any atom is -0.492 e. The molecule has 0 saturated heterocycles. The number of anilines is 2. The summed E-state index contributed by atoms with van der Waals surface area (Å²) in [5.41, 5.74) is -0.453. The molecule has 0 unspecified atom stereocenters. The van der Waals surface area contributed by atoms with Crippen LogP contribution in [0.3, 0.4) is 0 Å². The van der Waals surface area contributed by atoms with Crippen LogP contribution in [0.2, 0.25) is 0 Å². The highest BCUT2D eigenvalue weighted by molar-refractivity contribution is 9.10. The first kappa shape index (κ1) is 18.6. The molecule has 0 fully saturated rings. The van der Waals surface area contributed by atoms with E-state index in [-0.39, 0.29) is 21.3 Å². The molecule has 3 aromatic rings. The average molecular weight is 468 g/mol. The molecule has 142 valence electrons. The number of nitrogens with one attached hydrogen (secondary N) is 1. The molecule has 0 atom stereocenters. The number of benzene rings is 2. The molecule has 1 amide bonds. The first-order valence-electron chi connectivity index (χ1n) is 7.80. The van der Waals surface area contributed by atoms with Crippen LogP contribution in [0.1, 0.15) is 10.4 Å². The van der Waals surface area contributed by atoms with E-state index in [9.17, 15) is 23.1 Å². The molecule has 0 aliphatic carbocycles. The van der Waals surface area contributed by atoms with Crippen LogP contribution in [0.25, 0.3) is 5.57 Å². The summed E-state index contributed by atoms with van der Waals surface area (Å²) in [5.74, 6) is -0.913. The molecule has 5 nitrogen and oxygen atoms in total. The predicted molar refractivity (Wildman–Crippen MR) is 101 cm³/mol. The van der Waals surface area contributed by atoms with Gasteiger partial charge in [0, 0.05) is 15.4 Å². The first-order valence-corrected chi connectivity index (χ1v) is 9.41. The fourth-order valence-corrected chi connectivity index (χ4v) is 4.02. The maximum atomic E-state index is 12.9. The summed E-state index contributed by atoms with van der Waals surface area (Å²) in [6, 6.07) is 9.73. The number of aromatic nitrogens is 1. The summed E-state index contributed by atoms with van der Waals surface area (Å²) in [6.07, 6.45) is -4.47. The summed E-state index contributed by atoms with van der Waals surface area (Å²) in [6.45, 7) is 0. The van der Waals surface area contributed by atoms with Gasteiger partial charge in [-0.05, 0) is 36.4 Å². The van der Waals surface area contributed by atoms with Crippen molar-refractivity contribution in [3.63, 3.8) is 0 Å². The number of nitrogens with zero attached hydrogens (tertiary/aromatic N) is 2. The summed E-state index contributed by atoms with van der Waals surface area (Å²) in [4.78, 5) is 20.4. The van der Waals surface area contributed by atoms with Crippen molar-refractivity contribution in [1.82, 2.24) is 4.98 Å². The van der Waals surface area contributed by atoms with E-state index in [1.165, 1.54) is 12.1 Å². The second-order valence-electron chi connectivity index (χ2n) is 5.83. The van der Waals surface area contributed by atoms with E-state index in [1.807, 2.05) is 0 Å². The van der Waals surface area contributed by atoms with Crippen LogP contribution in [-0.2, 0) is 11.0 Å². The Kier molecular flexibility index (Phi) is 4.47. The lowest BCUT2D eigenvalue weighted by molar-refractivity contribution is -0.137. The van der Waals surface area contributed by atoms with Gasteiger partial charge in [0.2, 0.25) is 5.88 Å². The molecule has 4 rings (SSSR count). The fourth-order valence-electron chi connectivity index (χ4n) is 2.73. The Hall–Kier alpha value is -2.72.